The van der Waals surface area contributed by atoms with Crippen LogP contribution in [-0.2, 0) is 5.41 Å². The van der Waals surface area contributed by atoms with Gasteiger partial charge in [-0.2, -0.15) is 0 Å². The van der Waals surface area contributed by atoms with Gasteiger partial charge >= 0.3 is 0 Å². The third-order valence-electron chi connectivity index (χ3n) is 14.0. The Labute approximate surface area is 360 Å². The van der Waals surface area contributed by atoms with Gasteiger partial charge in [0.1, 0.15) is 0 Å². The molecule has 0 atom stereocenters. The van der Waals surface area contributed by atoms with Crippen molar-refractivity contribution in [1.29, 1.82) is 0 Å². The molecule has 0 unspecified atom stereocenters. The molecule has 292 valence electrons. The van der Waals surface area contributed by atoms with Gasteiger partial charge in [0.2, 0.25) is 11.6 Å². The van der Waals surface area contributed by atoms with Crippen molar-refractivity contribution < 1.29 is 0 Å². The SMILES string of the molecule is c1ccc(-n2c3ccc(-c4ccc5c(c4)n4c6ccccc6nc4n5-c4ccc5c(c4)C4(c6ccccc6-c6ccccc64)c4ccccc4-5)cc3n3c4ccccc4nc23)cc1. The molecule has 0 bridgehead atoms. The van der Waals surface area contributed by atoms with Crippen LogP contribution in [0.15, 0.2) is 206 Å². The Morgan fingerprint density at radius 1 is 0.302 bits per heavy atom. The first-order valence-corrected chi connectivity index (χ1v) is 21.6. The van der Waals surface area contributed by atoms with E-state index in [4.69, 9.17) is 9.97 Å². The molecule has 6 heteroatoms. The third kappa shape index (κ3) is 4.13. The molecule has 0 saturated heterocycles. The van der Waals surface area contributed by atoms with Crippen molar-refractivity contribution in [3.05, 3.63) is 229 Å². The lowest BCUT2D eigenvalue weighted by atomic mass is 9.70. The summed E-state index contributed by atoms with van der Waals surface area (Å²) in [5.41, 5.74) is 23.0. The first-order valence-electron chi connectivity index (χ1n) is 21.6. The van der Waals surface area contributed by atoms with E-state index in [9.17, 15) is 0 Å². The Morgan fingerprint density at radius 2 is 0.746 bits per heavy atom. The zero-order chi connectivity index (χ0) is 41.0. The van der Waals surface area contributed by atoms with Gasteiger partial charge in [-0.15, -0.1) is 0 Å². The summed E-state index contributed by atoms with van der Waals surface area (Å²) in [6, 6.07) is 75.3. The van der Waals surface area contributed by atoms with E-state index in [0.29, 0.717) is 0 Å². The molecule has 4 aromatic heterocycles. The van der Waals surface area contributed by atoms with Crippen molar-refractivity contribution in [2.45, 2.75) is 5.41 Å². The Balaban J connectivity index is 0.974. The van der Waals surface area contributed by atoms with E-state index in [1.54, 1.807) is 0 Å². The van der Waals surface area contributed by atoms with Crippen molar-refractivity contribution in [2.75, 3.05) is 0 Å². The van der Waals surface area contributed by atoms with Crippen LogP contribution in [0.3, 0.4) is 0 Å². The first-order chi connectivity index (χ1) is 31.3. The molecular formula is C57H34N6. The Kier molecular flexibility index (Phi) is 6.27. The number of hydrogen-bond acceptors (Lipinski definition) is 2. The molecule has 4 heterocycles. The Bertz CT molecular complexity index is 4040. The van der Waals surface area contributed by atoms with Crippen LogP contribution in [-0.4, -0.2) is 27.9 Å². The number of rotatable bonds is 3. The van der Waals surface area contributed by atoms with Gasteiger partial charge in [0.15, 0.2) is 0 Å². The molecule has 0 aliphatic heterocycles. The summed E-state index contributed by atoms with van der Waals surface area (Å²) in [6.07, 6.45) is 0. The predicted octanol–water partition coefficient (Wildman–Crippen LogP) is 13.2. The van der Waals surface area contributed by atoms with Gasteiger partial charge in [0.25, 0.3) is 0 Å². The van der Waals surface area contributed by atoms with Crippen molar-refractivity contribution in [3.8, 4) is 44.8 Å². The first kappa shape index (κ1) is 33.3. The van der Waals surface area contributed by atoms with E-state index in [2.05, 4.69) is 224 Å². The van der Waals surface area contributed by atoms with Crippen LogP contribution < -0.4 is 0 Å². The predicted molar refractivity (Wildman–Crippen MR) is 254 cm³/mol. The molecule has 13 aromatic rings. The van der Waals surface area contributed by atoms with Crippen LogP contribution in [0, 0.1) is 0 Å². The maximum atomic E-state index is 5.37. The summed E-state index contributed by atoms with van der Waals surface area (Å²) in [4.78, 5) is 10.5. The normalized spacial score (nSPS) is 13.5. The summed E-state index contributed by atoms with van der Waals surface area (Å²) < 4.78 is 9.29. The summed E-state index contributed by atoms with van der Waals surface area (Å²) in [5, 5.41) is 0. The molecule has 0 fully saturated rings. The highest BCUT2D eigenvalue weighted by atomic mass is 15.2. The highest BCUT2D eigenvalue weighted by molar-refractivity contribution is 5.99. The van der Waals surface area contributed by atoms with Gasteiger partial charge in [0.05, 0.1) is 49.5 Å². The van der Waals surface area contributed by atoms with Crippen LogP contribution in [0.2, 0.25) is 0 Å². The summed E-state index contributed by atoms with van der Waals surface area (Å²) >= 11 is 0. The molecule has 9 aromatic carbocycles. The summed E-state index contributed by atoms with van der Waals surface area (Å²) in [7, 11) is 0. The van der Waals surface area contributed by atoms with Crippen LogP contribution >= 0.6 is 0 Å². The number of nitrogens with zero attached hydrogens (tertiary/aromatic N) is 6. The minimum Gasteiger partial charge on any atom is -0.278 e. The van der Waals surface area contributed by atoms with Crippen molar-refractivity contribution in [2.24, 2.45) is 0 Å². The average Bonchev–Trinajstić information content (AvgIpc) is 4.17. The second kappa shape index (κ2) is 11.9. The van der Waals surface area contributed by atoms with Crippen LogP contribution in [0.5, 0.6) is 0 Å². The average molecular weight is 803 g/mol. The van der Waals surface area contributed by atoms with Crippen LogP contribution in [0.4, 0.5) is 0 Å². The Morgan fingerprint density at radius 3 is 1.29 bits per heavy atom. The maximum absolute atomic E-state index is 5.37. The molecule has 0 radical (unpaired) electrons. The zero-order valence-electron chi connectivity index (χ0n) is 33.8. The number of para-hydroxylation sites is 5. The van der Waals surface area contributed by atoms with Crippen molar-refractivity contribution in [3.63, 3.8) is 0 Å². The molecular weight excluding hydrogens is 769 g/mol. The zero-order valence-corrected chi connectivity index (χ0v) is 33.8. The molecule has 15 rings (SSSR count). The number of imidazole rings is 4. The monoisotopic (exact) mass is 802 g/mol. The molecule has 2 aliphatic rings. The molecule has 0 saturated carbocycles. The van der Waals surface area contributed by atoms with E-state index in [1.807, 2.05) is 0 Å². The molecule has 6 nitrogen and oxygen atoms in total. The van der Waals surface area contributed by atoms with E-state index in [1.165, 1.54) is 44.5 Å². The second-order valence-corrected chi connectivity index (χ2v) is 17.0. The minimum atomic E-state index is -0.439. The van der Waals surface area contributed by atoms with Gasteiger partial charge < -0.3 is 0 Å². The number of aromatic nitrogens is 6. The molecule has 0 N–H and O–H groups in total. The van der Waals surface area contributed by atoms with E-state index < -0.39 is 5.41 Å². The quantitative estimate of drug-likeness (QED) is 0.179. The smallest absolute Gasteiger partial charge is 0.220 e. The molecule has 2 aliphatic carbocycles. The van der Waals surface area contributed by atoms with Crippen molar-refractivity contribution >= 4 is 55.7 Å². The number of benzene rings is 9. The minimum absolute atomic E-state index is 0.439. The summed E-state index contributed by atoms with van der Waals surface area (Å²) in [6.45, 7) is 0. The second-order valence-electron chi connectivity index (χ2n) is 17.0. The Hall–Kier alpha value is -8.48. The van der Waals surface area contributed by atoms with E-state index >= 15 is 0 Å². The van der Waals surface area contributed by atoms with Crippen molar-refractivity contribution in [1.82, 2.24) is 27.9 Å². The van der Waals surface area contributed by atoms with E-state index in [0.717, 1.165) is 78.2 Å². The number of fused-ring (bicyclic) bond motifs is 20. The van der Waals surface area contributed by atoms with Crippen LogP contribution in [0.1, 0.15) is 22.3 Å². The fraction of sp³-hybridized carbons (Fsp3) is 0.0175. The van der Waals surface area contributed by atoms with Crippen LogP contribution in [0.25, 0.3) is 100 Å². The molecule has 0 amide bonds. The molecule has 63 heavy (non-hydrogen) atoms. The summed E-state index contributed by atoms with van der Waals surface area (Å²) in [5.74, 6) is 1.79. The van der Waals surface area contributed by atoms with Gasteiger partial charge in [0, 0.05) is 11.4 Å². The lowest BCUT2D eigenvalue weighted by Crippen LogP contribution is -2.26. The highest BCUT2D eigenvalue weighted by Crippen LogP contribution is 2.63. The van der Waals surface area contributed by atoms with Gasteiger partial charge in [-0.3, -0.25) is 17.9 Å². The topological polar surface area (TPSA) is 44.5 Å². The maximum Gasteiger partial charge on any atom is 0.220 e. The fourth-order valence-corrected chi connectivity index (χ4v) is 11.5. The highest BCUT2D eigenvalue weighted by Gasteiger charge is 2.51. The van der Waals surface area contributed by atoms with Gasteiger partial charge in [-0.1, -0.05) is 133 Å². The lowest BCUT2D eigenvalue weighted by Gasteiger charge is -2.30. The molecule has 1 spiro atoms. The van der Waals surface area contributed by atoms with E-state index in [-0.39, 0.29) is 0 Å². The largest absolute Gasteiger partial charge is 0.278 e. The number of hydrogen-bond donors (Lipinski definition) is 0. The lowest BCUT2D eigenvalue weighted by molar-refractivity contribution is 0.792. The van der Waals surface area contributed by atoms with Gasteiger partial charge in [-0.25, -0.2) is 9.97 Å². The fourth-order valence-electron chi connectivity index (χ4n) is 11.5. The standard InChI is InChI=1S/C57H34N6/c1-2-14-37(15-3-1)60-51-30-26-35(32-53(51)62-49-24-12-10-22-47(49)58-55(60)62)36-27-31-52-54(33-36)63-50-25-13-11-23-48(50)59-56(63)61(52)38-28-29-42-41-18-6-9-21-45(41)57(46(42)34-38)43-19-7-4-16-39(43)40-17-5-8-20-44(40)57/h1-34H. The third-order valence-corrected chi connectivity index (χ3v) is 14.0. The van der Waals surface area contributed by atoms with Gasteiger partial charge in [-0.05, 0) is 128 Å².